The van der Waals surface area contributed by atoms with Crippen molar-refractivity contribution in [3.8, 4) is 0 Å². The number of rotatable bonds is 112. The van der Waals surface area contributed by atoms with Gasteiger partial charge in [0.25, 0.3) is 0 Å². The van der Waals surface area contributed by atoms with E-state index in [0.717, 1.165) is 163 Å². The third-order valence-electron chi connectivity index (χ3n) is 27.0. The topological polar surface area (TPSA) is 73.8 Å². The molecule has 0 aliphatic carbocycles. The zero-order chi connectivity index (χ0) is 101. The van der Waals surface area contributed by atoms with Gasteiger partial charge in [-0.1, -0.05) is 499 Å². The first kappa shape index (κ1) is 141. The van der Waals surface area contributed by atoms with Crippen molar-refractivity contribution in [3.05, 3.63) is 0 Å². The molecular formula is C118H238O8S11. The maximum atomic E-state index is 8.85. The van der Waals surface area contributed by atoms with Crippen molar-refractivity contribution in [1.82, 2.24) is 0 Å². The minimum Gasteiger partial charge on any atom is -0.353 e. The van der Waals surface area contributed by atoms with E-state index >= 15 is 0 Å². The van der Waals surface area contributed by atoms with Gasteiger partial charge in [0.1, 0.15) is 6.82 Å². The molecule has 0 N–H and O–H groups in total. The van der Waals surface area contributed by atoms with Crippen LogP contribution in [0.3, 0.4) is 0 Å². The molecule has 0 aliphatic rings. The SMILES string of the molecule is CCCCCCCCCCCCOC(SC)(SCC)C(SCCC)(C(OCCCCCCCCCC)(OCCCCCCCCCC)OCCC(C)CCCC(C)C)C(SCCCC)(SC(C)C)SC(SCCCC)(SC(C)C)C(SCCC)(C(OCCCCCCCCCC)(OCCCCCCCCCC)OCCC(C)CCCC(C)C)C(OCCCCCCCCCCCC)(SC)SCC. The van der Waals surface area contributed by atoms with Crippen molar-refractivity contribution in [1.29, 1.82) is 0 Å². The first-order chi connectivity index (χ1) is 66.5. The third-order valence-corrected chi connectivity index (χ3v) is 47.1. The second-order valence-electron chi connectivity index (χ2n) is 42.0. The monoisotopic (exact) mass is 2140 g/mol. The molecule has 8 nitrogen and oxygen atoms in total. The van der Waals surface area contributed by atoms with Gasteiger partial charge in [-0.15, -0.1) is 129 Å². The summed E-state index contributed by atoms with van der Waals surface area (Å²) in [6.07, 6.45) is 83.9. The Bertz CT molecular complexity index is 2310. The smallest absolute Gasteiger partial charge is 0.306 e. The molecule has 824 valence electrons. The van der Waals surface area contributed by atoms with E-state index in [9.17, 15) is 0 Å². The molecule has 0 radical (unpaired) electrons. The van der Waals surface area contributed by atoms with Gasteiger partial charge in [-0.25, -0.2) is 0 Å². The second-order valence-corrected chi connectivity index (χ2v) is 59.2. The van der Waals surface area contributed by atoms with Crippen LogP contribution in [0.4, 0.5) is 0 Å². The largest absolute Gasteiger partial charge is 0.353 e. The molecule has 0 saturated carbocycles. The van der Waals surface area contributed by atoms with Crippen molar-refractivity contribution >= 4 is 129 Å². The van der Waals surface area contributed by atoms with Crippen LogP contribution in [-0.2, 0) is 37.9 Å². The minimum atomic E-state index is -1.68. The first-order valence-electron chi connectivity index (χ1n) is 59.6. The Labute approximate surface area is 906 Å². The van der Waals surface area contributed by atoms with E-state index in [4.69, 9.17) is 37.9 Å². The maximum Gasteiger partial charge on any atom is 0.306 e. The molecule has 0 aliphatic heterocycles. The highest BCUT2D eigenvalue weighted by Crippen LogP contribution is 2.81. The fourth-order valence-electron chi connectivity index (χ4n) is 18.8. The van der Waals surface area contributed by atoms with Crippen LogP contribution in [0.25, 0.3) is 0 Å². The van der Waals surface area contributed by atoms with E-state index in [0.29, 0.717) is 76.5 Å². The predicted molar refractivity (Wildman–Crippen MR) is 645 cm³/mol. The van der Waals surface area contributed by atoms with Crippen LogP contribution in [0, 0.1) is 23.7 Å². The van der Waals surface area contributed by atoms with Gasteiger partial charge in [0.15, 0.2) is 18.0 Å². The minimum absolute atomic E-state index is 0.100. The maximum absolute atomic E-state index is 8.85. The van der Waals surface area contributed by atoms with Crippen molar-refractivity contribution in [2.24, 2.45) is 23.7 Å². The average Bonchev–Trinajstić information content (AvgIpc) is 0.667. The van der Waals surface area contributed by atoms with E-state index in [1.165, 1.54) is 295 Å². The van der Waals surface area contributed by atoms with Crippen LogP contribution in [0.15, 0.2) is 0 Å². The molecule has 0 amide bonds. The van der Waals surface area contributed by atoms with Gasteiger partial charge in [0.05, 0.1) is 39.6 Å². The second kappa shape index (κ2) is 94.3. The molecule has 0 aromatic carbocycles. The lowest BCUT2D eigenvalue weighted by Crippen LogP contribution is -2.78. The average molecular weight is 2140 g/mol. The number of thioether (sulfide) groups is 11. The van der Waals surface area contributed by atoms with E-state index in [1.807, 2.05) is 23.5 Å². The van der Waals surface area contributed by atoms with E-state index < -0.39 is 36.8 Å². The predicted octanol–water partition coefficient (Wildman–Crippen LogP) is 43.2. The summed E-state index contributed by atoms with van der Waals surface area (Å²) in [6, 6.07) is 0. The van der Waals surface area contributed by atoms with Crippen LogP contribution in [0.2, 0.25) is 0 Å². The fourth-order valence-corrected chi connectivity index (χ4v) is 43.4. The third kappa shape index (κ3) is 59.0. The standard InChI is InChI=1S/C118H238O8S11/c1-25-37-45-51-57-63-65-71-77-83-97-125-115(127-23,129-35-11)111(131-101-33-9,113(119-93-79-73-67-59-53-47-39-27-3,120-94-80-74-68-60-54-48-40-28-4)123-99-91-109(21)89-85-87-105(13)14)117(135-107(17)18,133-103-43-31-7)137-118(136-108(19)20,134-104-44-32-8)112(132-102-34-10,116(128-24,130-36-12)126-98-84-78-72-66-64-58-52-46-38-26-2)114(121-95-81-75-69-61-55-49-41-29-5,122-96-82-76-70-62-56-50-42-30-6)124-100-92-110(22)90-86-88-106(15)16/h105-110H,25-104H2,1-24H3. The Morgan fingerprint density at radius 3 is 0.620 bits per heavy atom. The Morgan fingerprint density at radius 2 is 0.416 bits per heavy atom. The molecule has 8 atom stereocenters. The Kier molecular flexibility index (Phi) is 96.7. The summed E-state index contributed by atoms with van der Waals surface area (Å²) in [5.74, 6) is 4.01. The summed E-state index contributed by atoms with van der Waals surface area (Å²) < 4.78 is 64.2. The normalized spacial score (nSPS) is 15.7. The molecule has 137 heavy (non-hydrogen) atoms. The quantitative estimate of drug-likeness (QED) is 0.0428. The summed E-state index contributed by atoms with van der Waals surface area (Å²) in [4.78, 5) is 0. The molecule has 0 aromatic heterocycles. The Morgan fingerprint density at radius 1 is 0.197 bits per heavy atom. The molecule has 0 fully saturated rings. The van der Waals surface area contributed by atoms with Crippen LogP contribution in [0.5, 0.6) is 0 Å². The van der Waals surface area contributed by atoms with Crippen LogP contribution in [0.1, 0.15) is 576 Å². The zero-order valence-corrected chi connectivity index (χ0v) is 105. The van der Waals surface area contributed by atoms with Gasteiger partial charge < -0.3 is 37.9 Å². The van der Waals surface area contributed by atoms with Crippen molar-refractivity contribution < 1.29 is 37.9 Å². The van der Waals surface area contributed by atoms with Gasteiger partial charge in [-0.3, -0.25) is 0 Å². The molecule has 0 rings (SSSR count). The van der Waals surface area contributed by atoms with Crippen LogP contribution in [-0.4, -0.2) is 147 Å². The van der Waals surface area contributed by atoms with Gasteiger partial charge in [0.2, 0.25) is 0 Å². The molecule has 0 saturated heterocycles. The molecule has 0 aromatic rings. The first-order valence-corrected chi connectivity index (χ1v) is 70.6. The fraction of sp³-hybridized carbons (Fsp3) is 1.00. The molecule has 8 unspecified atom stereocenters. The van der Waals surface area contributed by atoms with Gasteiger partial charge in [-0.05, 0) is 148 Å². The lowest BCUT2D eigenvalue weighted by molar-refractivity contribution is -0.402. The van der Waals surface area contributed by atoms with Crippen molar-refractivity contribution in [3.63, 3.8) is 0 Å². The Hall–Kier alpha value is 3.53. The van der Waals surface area contributed by atoms with Gasteiger partial charge >= 0.3 is 11.9 Å². The summed E-state index contributed by atoms with van der Waals surface area (Å²) in [5.41, 5.74) is 0. The van der Waals surface area contributed by atoms with Crippen molar-refractivity contribution in [2.75, 3.05) is 99.9 Å². The molecule has 0 bridgehead atoms. The lowest BCUT2D eigenvalue weighted by atomic mass is 9.97. The summed E-state index contributed by atoms with van der Waals surface area (Å²) in [6.45, 7) is 58.1. The highest BCUT2D eigenvalue weighted by molar-refractivity contribution is 8.44. The summed E-state index contributed by atoms with van der Waals surface area (Å²) >= 11 is 23.7. The highest BCUT2D eigenvalue weighted by atomic mass is 32.3. The van der Waals surface area contributed by atoms with Crippen LogP contribution >= 0.6 is 129 Å². The molecule has 0 heterocycles. The number of ether oxygens (including phenoxy) is 8. The van der Waals surface area contributed by atoms with Gasteiger partial charge in [0, 0.05) is 23.7 Å². The number of hydrogen-bond donors (Lipinski definition) is 0. The van der Waals surface area contributed by atoms with Crippen molar-refractivity contribution in [2.45, 2.75) is 623 Å². The Balaban J connectivity index is 12.3. The molecule has 0 spiro atoms. The van der Waals surface area contributed by atoms with E-state index in [1.54, 1.807) is 0 Å². The molecular weight excluding hydrogens is 1900 g/mol. The van der Waals surface area contributed by atoms with E-state index in [-0.39, 0.29) is 10.5 Å². The van der Waals surface area contributed by atoms with Crippen LogP contribution < -0.4 is 0 Å². The lowest BCUT2D eigenvalue weighted by Gasteiger charge is -2.67. The summed E-state index contributed by atoms with van der Waals surface area (Å²) in [7, 11) is 0. The number of hydrogen-bond acceptors (Lipinski definition) is 19. The zero-order valence-electron chi connectivity index (χ0n) is 95.8. The van der Waals surface area contributed by atoms with Gasteiger partial charge in [-0.2, -0.15) is 0 Å². The van der Waals surface area contributed by atoms with E-state index in [2.05, 4.69) is 271 Å². The molecule has 19 heteroatoms. The summed E-state index contributed by atoms with van der Waals surface area (Å²) in [5, 5.41) is 0.200. The number of unbranched alkanes of at least 4 members (excludes halogenated alkanes) is 48. The highest BCUT2D eigenvalue weighted by Gasteiger charge is 2.84.